The van der Waals surface area contributed by atoms with E-state index in [2.05, 4.69) is 4.98 Å². The summed E-state index contributed by atoms with van der Waals surface area (Å²) in [5.41, 5.74) is 5.58. The third-order valence-corrected chi connectivity index (χ3v) is 2.74. The number of rotatable bonds is 4. The topological polar surface area (TPSA) is 82.4 Å². The molecule has 0 spiro atoms. The van der Waals surface area contributed by atoms with Gasteiger partial charge in [0, 0.05) is 25.0 Å². The predicted molar refractivity (Wildman–Crippen MR) is 70.8 cm³/mol. The molecule has 0 saturated heterocycles. The van der Waals surface area contributed by atoms with Crippen LogP contribution in [0.15, 0.2) is 18.6 Å². The van der Waals surface area contributed by atoms with Gasteiger partial charge in [0.2, 0.25) is 5.78 Å². The van der Waals surface area contributed by atoms with Crippen LogP contribution in [0.3, 0.4) is 0 Å². The summed E-state index contributed by atoms with van der Waals surface area (Å²) in [6.45, 7) is 6.24. The Kier molecular flexibility index (Phi) is 3.18. The van der Waals surface area contributed by atoms with Gasteiger partial charge in [-0.05, 0) is 5.41 Å². The van der Waals surface area contributed by atoms with Gasteiger partial charge in [-0.3, -0.25) is 14.0 Å². The lowest BCUT2D eigenvalue weighted by Gasteiger charge is -2.16. The number of nitrogens with zero attached hydrogens (tertiary/aromatic N) is 3. The van der Waals surface area contributed by atoms with Crippen molar-refractivity contribution in [1.29, 1.82) is 0 Å². The van der Waals surface area contributed by atoms with Crippen molar-refractivity contribution in [2.75, 3.05) is 0 Å². The molecule has 0 saturated carbocycles. The van der Waals surface area contributed by atoms with Crippen LogP contribution in [-0.2, 0) is 11.3 Å². The van der Waals surface area contributed by atoms with E-state index < -0.39 is 5.91 Å². The Bertz CT molecular complexity index is 631. The van der Waals surface area contributed by atoms with Crippen molar-refractivity contribution in [2.24, 2.45) is 11.1 Å². The quantitative estimate of drug-likeness (QED) is 0.899. The number of ketones is 1. The van der Waals surface area contributed by atoms with Crippen LogP contribution in [0.25, 0.3) is 5.78 Å². The Morgan fingerprint density at radius 3 is 2.63 bits per heavy atom. The van der Waals surface area contributed by atoms with Gasteiger partial charge in [0.05, 0.1) is 6.54 Å². The molecule has 0 aromatic carbocycles. The zero-order valence-electron chi connectivity index (χ0n) is 11.4. The van der Waals surface area contributed by atoms with E-state index in [0.29, 0.717) is 17.9 Å². The SMILES string of the molecule is CC(C)(C)CC(=O)Cn1cc(C(N)=O)n2ccnc12. The summed E-state index contributed by atoms with van der Waals surface area (Å²) in [5, 5.41) is 0. The number of nitrogens with two attached hydrogens (primary N) is 1. The van der Waals surface area contributed by atoms with Crippen molar-refractivity contribution in [3.63, 3.8) is 0 Å². The maximum absolute atomic E-state index is 12.0. The zero-order chi connectivity index (χ0) is 14.2. The Morgan fingerprint density at radius 2 is 2.05 bits per heavy atom. The number of aromatic nitrogens is 3. The highest BCUT2D eigenvalue weighted by Gasteiger charge is 2.19. The van der Waals surface area contributed by atoms with E-state index >= 15 is 0 Å². The summed E-state index contributed by atoms with van der Waals surface area (Å²) >= 11 is 0. The van der Waals surface area contributed by atoms with E-state index in [-0.39, 0.29) is 17.7 Å². The first-order valence-electron chi connectivity index (χ1n) is 6.11. The number of carbonyl (C=O) groups is 2. The summed E-state index contributed by atoms with van der Waals surface area (Å²) in [5.74, 6) is 0.116. The van der Waals surface area contributed by atoms with Gasteiger partial charge in [-0.25, -0.2) is 4.98 Å². The predicted octanol–water partition coefficient (Wildman–Crippen LogP) is 1.24. The first-order valence-corrected chi connectivity index (χ1v) is 6.11. The highest BCUT2D eigenvalue weighted by Crippen LogP contribution is 2.19. The first-order chi connectivity index (χ1) is 8.78. The van der Waals surface area contributed by atoms with E-state index in [0.717, 1.165) is 0 Å². The molecule has 2 N–H and O–H groups in total. The third-order valence-electron chi connectivity index (χ3n) is 2.74. The fourth-order valence-electron chi connectivity index (χ4n) is 2.10. The van der Waals surface area contributed by atoms with Gasteiger partial charge in [0.1, 0.15) is 5.69 Å². The van der Waals surface area contributed by atoms with Crippen LogP contribution in [0.1, 0.15) is 37.7 Å². The number of carbonyl (C=O) groups excluding carboxylic acids is 2. The lowest BCUT2D eigenvalue weighted by Crippen LogP contribution is -2.17. The van der Waals surface area contributed by atoms with Gasteiger partial charge in [-0.1, -0.05) is 20.8 Å². The second-order valence-electron chi connectivity index (χ2n) is 5.88. The van der Waals surface area contributed by atoms with Crippen LogP contribution in [0.2, 0.25) is 0 Å². The molecule has 19 heavy (non-hydrogen) atoms. The van der Waals surface area contributed by atoms with Crippen molar-refractivity contribution in [3.8, 4) is 0 Å². The van der Waals surface area contributed by atoms with Crippen LogP contribution in [0, 0.1) is 5.41 Å². The normalized spacial score (nSPS) is 11.9. The number of hydrogen-bond acceptors (Lipinski definition) is 3. The van der Waals surface area contributed by atoms with Crippen molar-refractivity contribution in [3.05, 3.63) is 24.3 Å². The number of Topliss-reactive ketones (excluding diaryl/α,β-unsaturated/α-hetero) is 1. The molecule has 2 aromatic rings. The summed E-state index contributed by atoms with van der Waals surface area (Å²) in [4.78, 5) is 27.5. The molecule has 0 aliphatic carbocycles. The number of imidazole rings is 2. The van der Waals surface area contributed by atoms with Crippen LogP contribution in [0.4, 0.5) is 0 Å². The molecule has 2 aromatic heterocycles. The lowest BCUT2D eigenvalue weighted by atomic mass is 9.90. The Labute approximate surface area is 111 Å². The Morgan fingerprint density at radius 1 is 1.37 bits per heavy atom. The lowest BCUT2D eigenvalue weighted by molar-refractivity contribution is -0.121. The van der Waals surface area contributed by atoms with Gasteiger partial charge in [0.15, 0.2) is 5.78 Å². The molecule has 0 unspecified atom stereocenters. The largest absolute Gasteiger partial charge is 0.364 e. The Hall–Kier alpha value is -2.11. The molecule has 2 rings (SSSR count). The van der Waals surface area contributed by atoms with Crippen molar-refractivity contribution in [2.45, 2.75) is 33.7 Å². The van der Waals surface area contributed by atoms with Gasteiger partial charge >= 0.3 is 0 Å². The highest BCUT2D eigenvalue weighted by atomic mass is 16.1. The van der Waals surface area contributed by atoms with Gasteiger partial charge in [0.25, 0.3) is 5.91 Å². The maximum Gasteiger partial charge on any atom is 0.267 e. The third kappa shape index (κ3) is 2.83. The average Bonchev–Trinajstić information content (AvgIpc) is 2.78. The molecule has 2 heterocycles. The number of amides is 1. The van der Waals surface area contributed by atoms with Gasteiger partial charge < -0.3 is 10.3 Å². The molecular weight excluding hydrogens is 244 g/mol. The molecule has 0 fully saturated rings. The van der Waals surface area contributed by atoms with Gasteiger partial charge in [-0.15, -0.1) is 0 Å². The molecule has 0 radical (unpaired) electrons. The molecular formula is C13H18N4O2. The van der Waals surface area contributed by atoms with Crippen LogP contribution < -0.4 is 5.73 Å². The minimum atomic E-state index is -0.537. The molecule has 6 heteroatoms. The summed E-state index contributed by atoms with van der Waals surface area (Å²) in [6, 6.07) is 0. The maximum atomic E-state index is 12.0. The monoisotopic (exact) mass is 262 g/mol. The minimum absolute atomic E-state index is 0.0531. The molecule has 0 aliphatic heterocycles. The standard InChI is InChI=1S/C13H18N4O2/c1-13(2,3)6-9(18)7-16-8-10(11(14)19)17-5-4-15-12(16)17/h4-5,8H,6-7H2,1-3H3,(H2,14,19). The minimum Gasteiger partial charge on any atom is -0.364 e. The van der Waals surface area contributed by atoms with Gasteiger partial charge in [-0.2, -0.15) is 0 Å². The molecule has 0 bridgehead atoms. The molecule has 102 valence electrons. The summed E-state index contributed by atoms with van der Waals surface area (Å²) < 4.78 is 3.25. The number of fused-ring (bicyclic) bond motifs is 1. The van der Waals surface area contributed by atoms with Crippen molar-refractivity contribution < 1.29 is 9.59 Å². The molecule has 1 amide bonds. The summed E-state index contributed by atoms with van der Waals surface area (Å²) in [6.07, 6.45) is 5.28. The van der Waals surface area contributed by atoms with E-state index in [1.165, 1.54) is 0 Å². The second-order valence-corrected chi connectivity index (χ2v) is 5.88. The van der Waals surface area contributed by atoms with E-state index in [1.807, 2.05) is 20.8 Å². The van der Waals surface area contributed by atoms with Crippen LogP contribution in [-0.4, -0.2) is 25.6 Å². The fourth-order valence-corrected chi connectivity index (χ4v) is 2.10. The first kappa shape index (κ1) is 13.3. The van der Waals surface area contributed by atoms with E-state index in [9.17, 15) is 9.59 Å². The van der Waals surface area contributed by atoms with Crippen molar-refractivity contribution >= 4 is 17.5 Å². The summed E-state index contributed by atoms with van der Waals surface area (Å²) in [7, 11) is 0. The smallest absolute Gasteiger partial charge is 0.267 e. The van der Waals surface area contributed by atoms with E-state index in [1.54, 1.807) is 27.6 Å². The molecule has 0 atom stereocenters. The number of primary amides is 1. The van der Waals surface area contributed by atoms with E-state index in [4.69, 9.17) is 5.73 Å². The zero-order valence-corrected chi connectivity index (χ0v) is 11.4. The number of hydrogen-bond donors (Lipinski definition) is 1. The fraction of sp³-hybridized carbons (Fsp3) is 0.462. The molecule has 0 aliphatic rings. The Balaban J connectivity index is 2.28. The highest BCUT2D eigenvalue weighted by molar-refractivity contribution is 5.92. The van der Waals surface area contributed by atoms with Crippen LogP contribution in [0.5, 0.6) is 0 Å². The second kappa shape index (κ2) is 4.53. The van der Waals surface area contributed by atoms with Crippen LogP contribution >= 0.6 is 0 Å². The average molecular weight is 262 g/mol. The van der Waals surface area contributed by atoms with Crippen molar-refractivity contribution in [1.82, 2.24) is 14.0 Å². The molecule has 6 nitrogen and oxygen atoms in total.